The van der Waals surface area contributed by atoms with Gasteiger partial charge in [0, 0.05) is 5.41 Å². The van der Waals surface area contributed by atoms with Gasteiger partial charge in [0.15, 0.2) is 0 Å². The summed E-state index contributed by atoms with van der Waals surface area (Å²) < 4.78 is 0. The van der Waals surface area contributed by atoms with Crippen molar-refractivity contribution in [2.24, 2.45) is 5.41 Å². The minimum Gasteiger partial charge on any atom is -0.395 e. The van der Waals surface area contributed by atoms with Gasteiger partial charge in [-0.2, -0.15) is 0 Å². The molecule has 1 aromatic carbocycles. The summed E-state index contributed by atoms with van der Waals surface area (Å²) in [7, 11) is 0. The second kappa shape index (κ2) is 5.38. The molecule has 0 aromatic heterocycles. The molecular weight excluding hydrogens is 184 g/mol. The fraction of sp³-hybridized carbons (Fsp3) is 0.286. The third-order valence-electron chi connectivity index (χ3n) is 1.96. The molecule has 0 fully saturated rings. The Morgan fingerprint density at radius 3 is 2.53 bits per heavy atom. The van der Waals surface area contributed by atoms with Crippen LogP contribution < -0.4 is 0 Å². The van der Waals surface area contributed by atoms with Crippen LogP contribution in [0.25, 0.3) is 6.08 Å². The highest BCUT2D eigenvalue weighted by Crippen LogP contribution is 2.10. The zero-order valence-electron chi connectivity index (χ0n) is 9.20. The van der Waals surface area contributed by atoms with E-state index in [-0.39, 0.29) is 12.0 Å². The van der Waals surface area contributed by atoms with E-state index in [4.69, 9.17) is 5.11 Å². The summed E-state index contributed by atoms with van der Waals surface area (Å²) in [6.07, 6.45) is 3.77. The van der Waals surface area contributed by atoms with Crippen molar-refractivity contribution >= 4 is 6.08 Å². The first-order chi connectivity index (χ1) is 7.14. The summed E-state index contributed by atoms with van der Waals surface area (Å²) in [6.45, 7) is 3.91. The molecule has 0 amide bonds. The first kappa shape index (κ1) is 11.6. The summed E-state index contributed by atoms with van der Waals surface area (Å²) >= 11 is 0. The van der Waals surface area contributed by atoms with Crippen molar-refractivity contribution in [1.29, 1.82) is 0 Å². The van der Waals surface area contributed by atoms with Crippen LogP contribution in [0.5, 0.6) is 0 Å². The standard InChI is InChI=1S/C14H16O/c1-14(2,12-15)11-7-6-10-13-8-4-3-5-9-13/h3-6,8-10,15H,12H2,1-2H3/b10-6+. The van der Waals surface area contributed by atoms with Gasteiger partial charge in [-0.25, -0.2) is 0 Å². The third kappa shape index (κ3) is 4.49. The molecule has 0 heterocycles. The Morgan fingerprint density at radius 2 is 1.93 bits per heavy atom. The Balaban J connectivity index is 2.61. The molecule has 0 atom stereocenters. The van der Waals surface area contributed by atoms with Gasteiger partial charge in [0.05, 0.1) is 6.61 Å². The maximum absolute atomic E-state index is 8.98. The first-order valence-electron chi connectivity index (χ1n) is 4.99. The minimum atomic E-state index is -0.318. The van der Waals surface area contributed by atoms with E-state index in [1.807, 2.05) is 56.3 Å². The minimum absolute atomic E-state index is 0.0825. The van der Waals surface area contributed by atoms with Crippen LogP contribution in [-0.4, -0.2) is 11.7 Å². The van der Waals surface area contributed by atoms with Gasteiger partial charge in [0.25, 0.3) is 0 Å². The largest absolute Gasteiger partial charge is 0.395 e. The quantitative estimate of drug-likeness (QED) is 0.728. The average Bonchev–Trinajstić information content (AvgIpc) is 2.26. The number of aliphatic hydroxyl groups is 1. The second-order valence-corrected chi connectivity index (χ2v) is 4.06. The van der Waals surface area contributed by atoms with E-state index in [2.05, 4.69) is 11.8 Å². The van der Waals surface area contributed by atoms with Gasteiger partial charge in [0.2, 0.25) is 0 Å². The van der Waals surface area contributed by atoms with Crippen molar-refractivity contribution in [3.8, 4) is 11.8 Å². The molecule has 1 heteroatoms. The lowest BCUT2D eigenvalue weighted by Crippen LogP contribution is -2.13. The number of rotatable bonds is 2. The predicted molar refractivity (Wildman–Crippen MR) is 64.1 cm³/mol. The fourth-order valence-corrected chi connectivity index (χ4v) is 0.979. The molecular formula is C14H16O. The van der Waals surface area contributed by atoms with Gasteiger partial charge >= 0.3 is 0 Å². The zero-order valence-corrected chi connectivity index (χ0v) is 9.20. The van der Waals surface area contributed by atoms with Gasteiger partial charge in [0.1, 0.15) is 0 Å². The number of hydrogen-bond donors (Lipinski definition) is 1. The molecule has 1 nitrogen and oxygen atoms in total. The van der Waals surface area contributed by atoms with Crippen LogP contribution in [0.1, 0.15) is 19.4 Å². The van der Waals surface area contributed by atoms with Gasteiger partial charge < -0.3 is 5.11 Å². The Kier molecular flexibility index (Phi) is 4.15. The van der Waals surface area contributed by atoms with Crippen LogP contribution in [0, 0.1) is 17.3 Å². The normalized spacial score (nSPS) is 11.1. The molecule has 15 heavy (non-hydrogen) atoms. The summed E-state index contributed by atoms with van der Waals surface area (Å²) in [5.41, 5.74) is 0.815. The van der Waals surface area contributed by atoms with Crippen molar-refractivity contribution in [2.45, 2.75) is 13.8 Å². The third-order valence-corrected chi connectivity index (χ3v) is 1.96. The van der Waals surface area contributed by atoms with Crippen LogP contribution in [0.2, 0.25) is 0 Å². The van der Waals surface area contributed by atoms with Crippen LogP contribution in [-0.2, 0) is 0 Å². The average molecular weight is 200 g/mol. The van der Waals surface area contributed by atoms with Crippen molar-refractivity contribution < 1.29 is 5.11 Å². The maximum Gasteiger partial charge on any atom is 0.0591 e. The fourth-order valence-electron chi connectivity index (χ4n) is 0.979. The SMILES string of the molecule is CC(C)(C#C/C=C/c1ccccc1)CO. The molecule has 0 aliphatic heterocycles. The van der Waals surface area contributed by atoms with E-state index in [9.17, 15) is 0 Å². The Labute approximate surface area is 91.5 Å². The highest BCUT2D eigenvalue weighted by Gasteiger charge is 2.10. The molecule has 78 valence electrons. The van der Waals surface area contributed by atoms with Gasteiger partial charge in [-0.05, 0) is 31.6 Å². The lowest BCUT2D eigenvalue weighted by Gasteiger charge is -2.11. The molecule has 1 N–H and O–H groups in total. The van der Waals surface area contributed by atoms with E-state index >= 15 is 0 Å². The van der Waals surface area contributed by atoms with Crippen molar-refractivity contribution in [2.75, 3.05) is 6.61 Å². The highest BCUT2D eigenvalue weighted by atomic mass is 16.3. The van der Waals surface area contributed by atoms with Crippen LogP contribution >= 0.6 is 0 Å². The molecule has 0 bridgehead atoms. The van der Waals surface area contributed by atoms with Gasteiger partial charge in [-0.1, -0.05) is 42.2 Å². The lowest BCUT2D eigenvalue weighted by atomic mass is 9.96. The summed E-state index contributed by atoms with van der Waals surface area (Å²) in [4.78, 5) is 0. The molecule has 0 aliphatic rings. The Bertz CT molecular complexity index is 377. The molecule has 0 aliphatic carbocycles. The number of benzene rings is 1. The number of allylic oxidation sites excluding steroid dienone is 1. The number of aliphatic hydroxyl groups excluding tert-OH is 1. The molecule has 1 aromatic rings. The topological polar surface area (TPSA) is 20.2 Å². The lowest BCUT2D eigenvalue weighted by molar-refractivity contribution is 0.207. The summed E-state index contributed by atoms with van der Waals surface area (Å²) in [5, 5.41) is 8.98. The molecule has 0 unspecified atom stereocenters. The maximum atomic E-state index is 8.98. The smallest absolute Gasteiger partial charge is 0.0591 e. The summed E-state index contributed by atoms with van der Waals surface area (Å²) in [5.74, 6) is 5.93. The molecule has 1 rings (SSSR count). The van der Waals surface area contributed by atoms with E-state index < -0.39 is 0 Å². The summed E-state index contributed by atoms with van der Waals surface area (Å²) in [6, 6.07) is 10.0. The predicted octanol–water partition coefficient (Wildman–Crippen LogP) is 2.72. The Hall–Kier alpha value is -1.52. The van der Waals surface area contributed by atoms with Gasteiger partial charge in [-0.3, -0.25) is 0 Å². The van der Waals surface area contributed by atoms with Crippen LogP contribution in [0.4, 0.5) is 0 Å². The van der Waals surface area contributed by atoms with E-state index in [1.165, 1.54) is 0 Å². The van der Waals surface area contributed by atoms with Crippen LogP contribution in [0.3, 0.4) is 0 Å². The Morgan fingerprint density at radius 1 is 1.27 bits per heavy atom. The molecule has 0 saturated carbocycles. The monoisotopic (exact) mass is 200 g/mol. The molecule has 0 saturated heterocycles. The number of hydrogen-bond acceptors (Lipinski definition) is 1. The second-order valence-electron chi connectivity index (χ2n) is 4.06. The van der Waals surface area contributed by atoms with Crippen molar-refractivity contribution in [3.05, 3.63) is 42.0 Å². The molecule has 0 spiro atoms. The van der Waals surface area contributed by atoms with Crippen LogP contribution in [0.15, 0.2) is 36.4 Å². The first-order valence-corrected chi connectivity index (χ1v) is 4.99. The van der Waals surface area contributed by atoms with Crippen molar-refractivity contribution in [3.63, 3.8) is 0 Å². The van der Waals surface area contributed by atoms with E-state index in [0.29, 0.717) is 0 Å². The van der Waals surface area contributed by atoms with Crippen molar-refractivity contribution in [1.82, 2.24) is 0 Å². The zero-order chi connectivity index (χ0) is 11.1. The van der Waals surface area contributed by atoms with E-state index in [0.717, 1.165) is 5.56 Å². The molecule has 0 radical (unpaired) electrons. The highest BCUT2D eigenvalue weighted by molar-refractivity contribution is 5.52. The van der Waals surface area contributed by atoms with E-state index in [1.54, 1.807) is 0 Å². The van der Waals surface area contributed by atoms with Gasteiger partial charge in [-0.15, -0.1) is 0 Å².